The molecule has 2 heterocycles. The second kappa shape index (κ2) is 4.28. The largest absolute Gasteiger partial charge is 0.372 e. The van der Waals surface area contributed by atoms with E-state index in [1.54, 1.807) is 6.20 Å². The van der Waals surface area contributed by atoms with Gasteiger partial charge in [-0.25, -0.2) is 4.98 Å². The van der Waals surface area contributed by atoms with Gasteiger partial charge in [0.05, 0.1) is 12.4 Å². The summed E-state index contributed by atoms with van der Waals surface area (Å²) in [6.07, 6.45) is 6.13. The van der Waals surface area contributed by atoms with Crippen molar-refractivity contribution in [3.8, 4) is 0 Å². The molecule has 2 rings (SSSR count). The topological polar surface area (TPSA) is 41.1 Å². The molecule has 16 heavy (non-hydrogen) atoms. The standard InChI is InChI=1S/C12H20N4/c1-12(2)5-4-6-16(9-12)11-8-14-7-10(13-3)15-11/h7-8H,4-6,9H2,1-3H3,(H,13,15). The minimum Gasteiger partial charge on any atom is -0.372 e. The van der Waals surface area contributed by atoms with Gasteiger partial charge in [-0.3, -0.25) is 4.98 Å². The minimum atomic E-state index is 0.385. The maximum atomic E-state index is 4.53. The van der Waals surface area contributed by atoms with Gasteiger partial charge in [0.1, 0.15) is 11.6 Å². The first-order valence-corrected chi connectivity index (χ1v) is 5.85. The van der Waals surface area contributed by atoms with Crippen LogP contribution < -0.4 is 10.2 Å². The molecular weight excluding hydrogens is 200 g/mol. The Kier molecular flexibility index (Phi) is 2.99. The third kappa shape index (κ3) is 2.43. The van der Waals surface area contributed by atoms with Gasteiger partial charge in [0.2, 0.25) is 0 Å². The lowest BCUT2D eigenvalue weighted by molar-refractivity contribution is 0.292. The van der Waals surface area contributed by atoms with E-state index in [4.69, 9.17) is 0 Å². The molecule has 0 amide bonds. The van der Waals surface area contributed by atoms with Crippen molar-refractivity contribution in [2.45, 2.75) is 26.7 Å². The van der Waals surface area contributed by atoms with Crippen molar-refractivity contribution in [1.82, 2.24) is 9.97 Å². The Morgan fingerprint density at radius 1 is 1.38 bits per heavy atom. The van der Waals surface area contributed by atoms with Gasteiger partial charge >= 0.3 is 0 Å². The number of nitrogens with one attached hydrogen (secondary N) is 1. The quantitative estimate of drug-likeness (QED) is 0.829. The zero-order valence-corrected chi connectivity index (χ0v) is 10.3. The van der Waals surface area contributed by atoms with Crippen molar-refractivity contribution in [3.63, 3.8) is 0 Å². The summed E-state index contributed by atoms with van der Waals surface area (Å²) in [5.41, 5.74) is 0.385. The highest BCUT2D eigenvalue weighted by Gasteiger charge is 2.27. The molecule has 4 nitrogen and oxygen atoms in total. The highest BCUT2D eigenvalue weighted by Crippen LogP contribution is 2.30. The van der Waals surface area contributed by atoms with E-state index in [-0.39, 0.29) is 0 Å². The van der Waals surface area contributed by atoms with E-state index < -0.39 is 0 Å². The SMILES string of the molecule is CNc1cncc(N2CCCC(C)(C)C2)n1. The van der Waals surface area contributed by atoms with Gasteiger partial charge in [-0.1, -0.05) is 13.8 Å². The molecule has 1 N–H and O–H groups in total. The minimum absolute atomic E-state index is 0.385. The fourth-order valence-electron chi connectivity index (χ4n) is 2.25. The number of hydrogen-bond acceptors (Lipinski definition) is 4. The molecule has 1 aromatic rings. The van der Waals surface area contributed by atoms with Gasteiger partial charge in [0, 0.05) is 20.1 Å². The summed E-state index contributed by atoms with van der Waals surface area (Å²) in [5, 5.41) is 3.03. The Labute approximate surface area is 97.1 Å². The van der Waals surface area contributed by atoms with Gasteiger partial charge in [-0.2, -0.15) is 0 Å². The van der Waals surface area contributed by atoms with E-state index in [0.29, 0.717) is 5.41 Å². The molecule has 1 saturated heterocycles. The lowest BCUT2D eigenvalue weighted by Gasteiger charge is -2.38. The summed E-state index contributed by atoms with van der Waals surface area (Å²) >= 11 is 0. The summed E-state index contributed by atoms with van der Waals surface area (Å²) in [4.78, 5) is 11.1. The molecule has 0 spiro atoms. The van der Waals surface area contributed by atoms with Crippen LogP contribution in [0.5, 0.6) is 0 Å². The van der Waals surface area contributed by atoms with Crippen LogP contribution in [0.3, 0.4) is 0 Å². The van der Waals surface area contributed by atoms with Crippen molar-refractivity contribution in [2.75, 3.05) is 30.4 Å². The summed E-state index contributed by atoms with van der Waals surface area (Å²) in [5.74, 6) is 1.82. The molecule has 1 aliphatic heterocycles. The fourth-order valence-corrected chi connectivity index (χ4v) is 2.25. The molecule has 0 unspecified atom stereocenters. The Bertz CT molecular complexity index is 362. The van der Waals surface area contributed by atoms with E-state index in [1.165, 1.54) is 12.8 Å². The first-order valence-electron chi connectivity index (χ1n) is 5.85. The molecule has 0 aromatic carbocycles. The summed E-state index contributed by atoms with van der Waals surface area (Å²) in [6, 6.07) is 0. The normalized spacial score (nSPS) is 19.6. The Balaban J connectivity index is 2.16. The summed E-state index contributed by atoms with van der Waals surface area (Å²) < 4.78 is 0. The van der Waals surface area contributed by atoms with Gasteiger partial charge < -0.3 is 10.2 Å². The molecular formula is C12H20N4. The van der Waals surface area contributed by atoms with E-state index in [2.05, 4.69) is 34.0 Å². The molecule has 1 aliphatic rings. The van der Waals surface area contributed by atoms with Gasteiger partial charge in [-0.05, 0) is 18.3 Å². The number of rotatable bonds is 2. The fraction of sp³-hybridized carbons (Fsp3) is 0.667. The van der Waals surface area contributed by atoms with Crippen LogP contribution in [-0.4, -0.2) is 30.1 Å². The molecule has 1 fully saturated rings. The maximum Gasteiger partial charge on any atom is 0.149 e. The second-order valence-corrected chi connectivity index (χ2v) is 5.20. The Hall–Kier alpha value is -1.32. The average molecular weight is 220 g/mol. The predicted molar refractivity (Wildman–Crippen MR) is 66.8 cm³/mol. The van der Waals surface area contributed by atoms with Crippen LogP contribution >= 0.6 is 0 Å². The number of aromatic nitrogens is 2. The molecule has 4 heteroatoms. The zero-order chi connectivity index (χ0) is 11.6. The zero-order valence-electron chi connectivity index (χ0n) is 10.3. The highest BCUT2D eigenvalue weighted by atomic mass is 15.2. The number of piperidine rings is 1. The lowest BCUT2D eigenvalue weighted by Crippen LogP contribution is -2.40. The van der Waals surface area contributed by atoms with E-state index >= 15 is 0 Å². The maximum absolute atomic E-state index is 4.53. The van der Waals surface area contributed by atoms with Gasteiger partial charge in [0.15, 0.2) is 0 Å². The van der Waals surface area contributed by atoms with E-state index in [9.17, 15) is 0 Å². The third-order valence-corrected chi connectivity index (χ3v) is 3.10. The van der Waals surface area contributed by atoms with Crippen molar-refractivity contribution in [1.29, 1.82) is 0 Å². The molecule has 1 aromatic heterocycles. The van der Waals surface area contributed by atoms with E-state index in [0.717, 1.165) is 24.7 Å². The van der Waals surface area contributed by atoms with Crippen molar-refractivity contribution < 1.29 is 0 Å². The van der Waals surface area contributed by atoms with Gasteiger partial charge in [0.25, 0.3) is 0 Å². The third-order valence-electron chi connectivity index (χ3n) is 3.10. The number of nitrogens with zero attached hydrogens (tertiary/aromatic N) is 3. The number of hydrogen-bond donors (Lipinski definition) is 1. The Morgan fingerprint density at radius 3 is 2.88 bits per heavy atom. The van der Waals surface area contributed by atoms with Crippen LogP contribution in [-0.2, 0) is 0 Å². The summed E-state index contributed by atoms with van der Waals surface area (Å²) in [6.45, 7) is 6.78. The average Bonchev–Trinajstić information content (AvgIpc) is 2.28. The first kappa shape index (κ1) is 11.2. The number of anilines is 2. The smallest absolute Gasteiger partial charge is 0.149 e. The molecule has 0 bridgehead atoms. The molecule has 0 atom stereocenters. The van der Waals surface area contributed by atoms with Crippen LogP contribution in [0.2, 0.25) is 0 Å². The predicted octanol–water partition coefficient (Wildman–Crippen LogP) is 2.14. The van der Waals surface area contributed by atoms with Crippen LogP contribution in [0.1, 0.15) is 26.7 Å². The van der Waals surface area contributed by atoms with Gasteiger partial charge in [-0.15, -0.1) is 0 Å². The molecule has 0 saturated carbocycles. The van der Waals surface area contributed by atoms with E-state index in [1.807, 2.05) is 13.2 Å². The second-order valence-electron chi connectivity index (χ2n) is 5.20. The van der Waals surface area contributed by atoms with Crippen molar-refractivity contribution in [3.05, 3.63) is 12.4 Å². The first-order chi connectivity index (χ1) is 7.61. The van der Waals surface area contributed by atoms with Crippen molar-refractivity contribution >= 4 is 11.6 Å². The van der Waals surface area contributed by atoms with Crippen LogP contribution in [0.15, 0.2) is 12.4 Å². The summed E-state index contributed by atoms with van der Waals surface area (Å²) in [7, 11) is 1.87. The lowest BCUT2D eigenvalue weighted by atomic mass is 9.84. The van der Waals surface area contributed by atoms with Crippen LogP contribution in [0.25, 0.3) is 0 Å². The molecule has 0 radical (unpaired) electrons. The molecule has 0 aliphatic carbocycles. The van der Waals surface area contributed by atoms with Crippen molar-refractivity contribution in [2.24, 2.45) is 5.41 Å². The van der Waals surface area contributed by atoms with Crippen LogP contribution in [0.4, 0.5) is 11.6 Å². The highest BCUT2D eigenvalue weighted by molar-refractivity contribution is 5.44. The Morgan fingerprint density at radius 2 is 2.19 bits per heavy atom. The molecule has 88 valence electrons. The monoisotopic (exact) mass is 220 g/mol. The van der Waals surface area contributed by atoms with Crippen LogP contribution in [0, 0.1) is 5.41 Å².